The highest BCUT2D eigenvalue weighted by molar-refractivity contribution is 7.16. The molecule has 62 valence electrons. The highest BCUT2D eigenvalue weighted by Crippen LogP contribution is 2.51. The molecule has 0 amide bonds. The van der Waals surface area contributed by atoms with Crippen LogP contribution in [0.15, 0.2) is 6.07 Å². The normalized spacial score (nSPS) is 18.7. The zero-order chi connectivity index (χ0) is 8.77. The quantitative estimate of drug-likeness (QED) is 0.717. The minimum Gasteiger partial charge on any atom is -0.389 e. The highest BCUT2D eigenvalue weighted by atomic mass is 32.1. The van der Waals surface area contributed by atoms with Crippen molar-refractivity contribution >= 4 is 16.3 Å². The Morgan fingerprint density at radius 2 is 2.33 bits per heavy atom. The summed E-state index contributed by atoms with van der Waals surface area (Å²) in [6.07, 6.45) is 2.47. The molecule has 2 nitrogen and oxygen atoms in total. The maximum absolute atomic E-state index is 8.69. The molecule has 1 aliphatic carbocycles. The number of hydrogen-bond donors (Lipinski definition) is 1. The van der Waals surface area contributed by atoms with Crippen molar-refractivity contribution in [2.24, 2.45) is 0 Å². The summed E-state index contributed by atoms with van der Waals surface area (Å²) in [6.45, 7) is 2.22. The van der Waals surface area contributed by atoms with Gasteiger partial charge in [-0.25, -0.2) is 0 Å². The van der Waals surface area contributed by atoms with Crippen LogP contribution in [-0.4, -0.2) is 0 Å². The van der Waals surface area contributed by atoms with Gasteiger partial charge in [0.15, 0.2) is 0 Å². The van der Waals surface area contributed by atoms with E-state index in [4.69, 9.17) is 11.0 Å². The molecule has 0 aliphatic heterocycles. The molecule has 2 rings (SSSR count). The zero-order valence-electron chi connectivity index (χ0n) is 6.92. The number of nitrogens with zero attached hydrogens (tertiary/aromatic N) is 1. The van der Waals surface area contributed by atoms with Gasteiger partial charge in [-0.2, -0.15) is 5.26 Å². The zero-order valence-corrected chi connectivity index (χ0v) is 7.74. The second-order valence-corrected chi connectivity index (χ2v) is 4.64. The minimum absolute atomic E-state index is 0.341. The summed E-state index contributed by atoms with van der Waals surface area (Å²) < 4.78 is 0. The summed E-state index contributed by atoms with van der Waals surface area (Å²) >= 11 is 1.56. The smallest absolute Gasteiger partial charge is 0.104 e. The largest absolute Gasteiger partial charge is 0.389 e. The van der Waals surface area contributed by atoms with Crippen molar-refractivity contribution in [3.63, 3.8) is 0 Å². The second-order valence-electron chi connectivity index (χ2n) is 3.56. The fourth-order valence-corrected chi connectivity index (χ4v) is 2.30. The Bertz CT molecular complexity index is 355. The van der Waals surface area contributed by atoms with E-state index in [-0.39, 0.29) is 0 Å². The Labute approximate surface area is 75.6 Å². The number of rotatable bonds is 1. The van der Waals surface area contributed by atoms with E-state index >= 15 is 0 Å². The summed E-state index contributed by atoms with van der Waals surface area (Å²) in [5.41, 5.74) is 6.66. The van der Waals surface area contributed by atoms with Gasteiger partial charge < -0.3 is 5.73 Å². The van der Waals surface area contributed by atoms with Crippen LogP contribution in [0.5, 0.6) is 0 Å². The van der Waals surface area contributed by atoms with E-state index in [1.165, 1.54) is 17.7 Å². The van der Waals surface area contributed by atoms with Crippen molar-refractivity contribution in [3.8, 4) is 6.07 Å². The van der Waals surface area contributed by atoms with Gasteiger partial charge in [0, 0.05) is 10.3 Å². The first-order valence-electron chi connectivity index (χ1n) is 3.95. The monoisotopic (exact) mass is 178 g/mol. The van der Waals surface area contributed by atoms with Crippen LogP contribution in [0.3, 0.4) is 0 Å². The molecule has 0 aromatic carbocycles. The minimum atomic E-state index is 0.341. The molecule has 1 aromatic rings. The van der Waals surface area contributed by atoms with Crippen LogP contribution in [0.25, 0.3) is 0 Å². The van der Waals surface area contributed by atoms with E-state index < -0.39 is 0 Å². The van der Waals surface area contributed by atoms with E-state index in [9.17, 15) is 0 Å². The van der Waals surface area contributed by atoms with Gasteiger partial charge in [-0.3, -0.25) is 0 Å². The number of hydrogen-bond acceptors (Lipinski definition) is 3. The molecule has 1 aliphatic rings. The molecular weight excluding hydrogens is 168 g/mol. The Kier molecular flexibility index (Phi) is 1.42. The molecule has 1 heterocycles. The molecule has 0 spiro atoms. The van der Waals surface area contributed by atoms with E-state index in [2.05, 4.69) is 13.0 Å². The van der Waals surface area contributed by atoms with Crippen molar-refractivity contribution in [2.45, 2.75) is 25.2 Å². The van der Waals surface area contributed by atoms with Gasteiger partial charge in [0.2, 0.25) is 0 Å². The number of nitrogens with two attached hydrogens (primary N) is 1. The lowest BCUT2D eigenvalue weighted by Crippen LogP contribution is -1.94. The topological polar surface area (TPSA) is 49.8 Å². The van der Waals surface area contributed by atoms with Crippen LogP contribution in [0.1, 0.15) is 30.2 Å². The lowest BCUT2D eigenvalue weighted by molar-refractivity contribution is 0.809. The Morgan fingerprint density at radius 3 is 2.75 bits per heavy atom. The SMILES string of the molecule is CC1(c2cc(C#N)c(N)s2)CC1. The Morgan fingerprint density at radius 1 is 1.67 bits per heavy atom. The number of nitriles is 1. The average molecular weight is 178 g/mol. The van der Waals surface area contributed by atoms with Gasteiger partial charge in [-0.15, -0.1) is 11.3 Å². The van der Waals surface area contributed by atoms with Crippen LogP contribution in [0, 0.1) is 11.3 Å². The van der Waals surface area contributed by atoms with E-state index in [0.29, 0.717) is 16.0 Å². The lowest BCUT2D eigenvalue weighted by atomic mass is 10.1. The van der Waals surface area contributed by atoms with E-state index in [0.717, 1.165) is 0 Å². The third-order valence-corrected chi connectivity index (χ3v) is 3.75. The molecule has 1 saturated carbocycles. The van der Waals surface area contributed by atoms with Crippen LogP contribution in [0.2, 0.25) is 0 Å². The highest BCUT2D eigenvalue weighted by Gasteiger charge is 2.40. The van der Waals surface area contributed by atoms with Gasteiger partial charge in [-0.1, -0.05) is 6.92 Å². The molecule has 0 bridgehead atoms. The third-order valence-electron chi connectivity index (χ3n) is 2.48. The summed E-state index contributed by atoms with van der Waals surface area (Å²) in [5.74, 6) is 0. The predicted molar refractivity (Wildman–Crippen MR) is 50.0 cm³/mol. The summed E-state index contributed by atoms with van der Waals surface area (Å²) in [4.78, 5) is 1.27. The fourth-order valence-electron chi connectivity index (χ4n) is 1.22. The van der Waals surface area contributed by atoms with Crippen LogP contribution >= 0.6 is 11.3 Å². The van der Waals surface area contributed by atoms with E-state index in [1.807, 2.05) is 6.07 Å². The first kappa shape index (κ1) is 7.63. The second kappa shape index (κ2) is 2.24. The predicted octanol–water partition coefficient (Wildman–Crippen LogP) is 2.25. The maximum atomic E-state index is 8.69. The van der Waals surface area contributed by atoms with Gasteiger partial charge in [0.1, 0.15) is 11.1 Å². The standard InChI is InChI=1S/C9H10N2S/c1-9(2-3-9)7-4-6(5-10)8(11)12-7/h4H,2-3,11H2,1H3. The molecule has 2 N–H and O–H groups in total. The first-order valence-corrected chi connectivity index (χ1v) is 4.77. The van der Waals surface area contributed by atoms with Gasteiger partial charge in [0.25, 0.3) is 0 Å². The number of thiophene rings is 1. The Balaban J connectivity index is 2.43. The van der Waals surface area contributed by atoms with Crippen molar-refractivity contribution in [1.82, 2.24) is 0 Å². The van der Waals surface area contributed by atoms with Crippen LogP contribution < -0.4 is 5.73 Å². The molecule has 3 heteroatoms. The van der Waals surface area contributed by atoms with Crippen molar-refractivity contribution in [3.05, 3.63) is 16.5 Å². The number of anilines is 1. The molecule has 0 saturated heterocycles. The molecule has 1 aromatic heterocycles. The van der Waals surface area contributed by atoms with Crippen LogP contribution in [0.4, 0.5) is 5.00 Å². The molecular formula is C9H10N2S. The van der Waals surface area contributed by atoms with Crippen molar-refractivity contribution < 1.29 is 0 Å². The molecule has 0 radical (unpaired) electrons. The summed E-state index contributed by atoms with van der Waals surface area (Å²) in [7, 11) is 0. The summed E-state index contributed by atoms with van der Waals surface area (Å²) in [5, 5.41) is 9.36. The Hall–Kier alpha value is -1.01. The van der Waals surface area contributed by atoms with Crippen LogP contribution in [-0.2, 0) is 5.41 Å². The van der Waals surface area contributed by atoms with Gasteiger partial charge >= 0.3 is 0 Å². The van der Waals surface area contributed by atoms with Gasteiger partial charge in [0.05, 0.1) is 5.56 Å². The lowest BCUT2D eigenvalue weighted by Gasteiger charge is -2.01. The molecule has 0 atom stereocenters. The third kappa shape index (κ3) is 0.997. The maximum Gasteiger partial charge on any atom is 0.104 e. The summed E-state index contributed by atoms with van der Waals surface area (Å²) in [6, 6.07) is 4.04. The molecule has 0 unspecified atom stereocenters. The molecule has 1 fully saturated rings. The number of nitrogen functional groups attached to an aromatic ring is 1. The van der Waals surface area contributed by atoms with Crippen molar-refractivity contribution in [1.29, 1.82) is 5.26 Å². The van der Waals surface area contributed by atoms with Gasteiger partial charge in [-0.05, 0) is 18.9 Å². The first-order chi connectivity index (χ1) is 5.65. The fraction of sp³-hybridized carbons (Fsp3) is 0.444. The van der Waals surface area contributed by atoms with E-state index in [1.54, 1.807) is 11.3 Å². The molecule has 12 heavy (non-hydrogen) atoms. The average Bonchev–Trinajstić information content (AvgIpc) is 2.65. The van der Waals surface area contributed by atoms with Crippen molar-refractivity contribution in [2.75, 3.05) is 5.73 Å².